The van der Waals surface area contributed by atoms with Crippen LogP contribution >= 0.6 is 0 Å². The zero-order chi connectivity index (χ0) is 23.3. The molecule has 8 nitrogen and oxygen atoms in total. The largest absolute Gasteiger partial charge is 0.494 e. The van der Waals surface area contributed by atoms with Crippen LogP contribution in [0.15, 0.2) is 24.3 Å². The monoisotopic (exact) mass is 463 g/mol. The minimum atomic E-state index is -2.98. The zero-order valence-corrected chi connectivity index (χ0v) is 20.2. The van der Waals surface area contributed by atoms with E-state index >= 15 is 0 Å². The Hall–Kier alpha value is -2.55. The summed E-state index contributed by atoms with van der Waals surface area (Å²) in [6.45, 7) is 7.33. The Morgan fingerprint density at radius 3 is 2.44 bits per heavy atom. The van der Waals surface area contributed by atoms with Gasteiger partial charge in [-0.1, -0.05) is 0 Å². The lowest BCUT2D eigenvalue weighted by molar-refractivity contribution is -0.130. The molecule has 9 heteroatoms. The van der Waals surface area contributed by atoms with Crippen LogP contribution in [0.25, 0.3) is 0 Å². The van der Waals surface area contributed by atoms with Crippen LogP contribution < -0.4 is 9.47 Å². The highest BCUT2D eigenvalue weighted by Gasteiger charge is 2.31. The molecular weight excluding hydrogens is 430 g/mol. The molecule has 1 aliphatic rings. The van der Waals surface area contributed by atoms with E-state index < -0.39 is 9.84 Å². The Balaban J connectivity index is 1.48. The lowest BCUT2D eigenvalue weighted by atomic mass is 10.1. The number of hydrogen-bond acceptors (Lipinski definition) is 6. The molecular formula is C23H33N3O5S. The van der Waals surface area contributed by atoms with E-state index in [9.17, 15) is 13.2 Å². The Morgan fingerprint density at radius 1 is 1.19 bits per heavy atom. The molecule has 0 N–H and O–H groups in total. The van der Waals surface area contributed by atoms with Gasteiger partial charge in [-0.2, -0.15) is 5.10 Å². The van der Waals surface area contributed by atoms with Gasteiger partial charge in [-0.25, -0.2) is 8.42 Å². The predicted octanol–water partition coefficient (Wildman–Crippen LogP) is 3.08. The number of aryl methyl sites for hydroxylation is 1. The number of sulfone groups is 1. The molecule has 0 spiro atoms. The number of hydrogen-bond donors (Lipinski definition) is 0. The topological polar surface area (TPSA) is 90.7 Å². The van der Waals surface area contributed by atoms with E-state index in [1.54, 1.807) is 11.9 Å². The van der Waals surface area contributed by atoms with E-state index in [-0.39, 0.29) is 23.5 Å². The summed E-state index contributed by atoms with van der Waals surface area (Å²) in [7, 11) is -1.20. The molecule has 176 valence electrons. The summed E-state index contributed by atoms with van der Waals surface area (Å²) in [5, 5.41) is 4.58. The fourth-order valence-corrected chi connectivity index (χ4v) is 5.67. The second-order valence-corrected chi connectivity index (χ2v) is 10.5. The van der Waals surface area contributed by atoms with Gasteiger partial charge in [-0.15, -0.1) is 0 Å². The van der Waals surface area contributed by atoms with E-state index in [1.807, 2.05) is 49.7 Å². The van der Waals surface area contributed by atoms with Crippen LogP contribution in [0.3, 0.4) is 0 Å². The van der Waals surface area contributed by atoms with Crippen LogP contribution in [-0.4, -0.2) is 60.8 Å². The van der Waals surface area contributed by atoms with Crippen molar-refractivity contribution >= 4 is 15.7 Å². The maximum absolute atomic E-state index is 12.6. The minimum Gasteiger partial charge on any atom is -0.494 e. The number of aromatic nitrogens is 2. The predicted molar refractivity (Wildman–Crippen MR) is 123 cm³/mol. The molecule has 1 atom stereocenters. The second kappa shape index (κ2) is 10.4. The van der Waals surface area contributed by atoms with Gasteiger partial charge in [-0.05, 0) is 57.9 Å². The third kappa shape index (κ3) is 6.03. The molecule has 0 aliphatic carbocycles. The van der Waals surface area contributed by atoms with Gasteiger partial charge in [0.05, 0.1) is 36.5 Å². The Kier molecular flexibility index (Phi) is 7.82. The summed E-state index contributed by atoms with van der Waals surface area (Å²) in [5.41, 5.74) is 2.75. The van der Waals surface area contributed by atoms with Crippen LogP contribution in [0.5, 0.6) is 11.5 Å². The Bertz CT molecular complexity index is 1030. The molecule has 3 rings (SSSR count). The number of amides is 1. The number of carbonyl (C=O) groups excluding carboxylic acids is 1. The maximum Gasteiger partial charge on any atom is 0.222 e. The fourth-order valence-electron chi connectivity index (χ4n) is 3.98. The van der Waals surface area contributed by atoms with Gasteiger partial charge in [0.15, 0.2) is 9.84 Å². The van der Waals surface area contributed by atoms with Gasteiger partial charge in [0.1, 0.15) is 11.5 Å². The quantitative estimate of drug-likeness (QED) is 0.503. The molecule has 0 radical (unpaired) electrons. The first-order valence-electron chi connectivity index (χ1n) is 11.0. The molecule has 2 heterocycles. The van der Waals surface area contributed by atoms with E-state index in [0.29, 0.717) is 39.0 Å². The summed E-state index contributed by atoms with van der Waals surface area (Å²) < 4.78 is 36.6. The number of rotatable bonds is 10. The van der Waals surface area contributed by atoms with Gasteiger partial charge in [0.2, 0.25) is 5.91 Å². The van der Waals surface area contributed by atoms with Crippen LogP contribution in [0.2, 0.25) is 0 Å². The number of ether oxygens (including phenoxy) is 2. The van der Waals surface area contributed by atoms with Crippen molar-refractivity contribution in [3.63, 3.8) is 0 Å². The molecule has 1 amide bonds. The molecule has 1 aromatic carbocycles. The normalized spacial score (nSPS) is 17.3. The second-order valence-electron chi connectivity index (χ2n) is 8.26. The molecule has 1 fully saturated rings. The highest BCUT2D eigenvalue weighted by atomic mass is 32.2. The maximum atomic E-state index is 12.6. The van der Waals surface area contributed by atoms with Crippen molar-refractivity contribution in [3.05, 3.63) is 41.2 Å². The van der Waals surface area contributed by atoms with Crippen molar-refractivity contribution in [2.45, 2.75) is 52.6 Å². The van der Waals surface area contributed by atoms with Gasteiger partial charge in [-0.3, -0.25) is 9.48 Å². The van der Waals surface area contributed by atoms with Crippen molar-refractivity contribution in [2.75, 3.05) is 31.8 Å². The van der Waals surface area contributed by atoms with Crippen LogP contribution in [-0.2, 0) is 21.2 Å². The smallest absolute Gasteiger partial charge is 0.222 e. The van der Waals surface area contributed by atoms with Gasteiger partial charge in [0, 0.05) is 31.3 Å². The van der Waals surface area contributed by atoms with E-state index in [4.69, 9.17) is 9.47 Å². The van der Waals surface area contributed by atoms with Crippen LogP contribution in [0, 0.1) is 13.8 Å². The Labute approximate surface area is 190 Å². The van der Waals surface area contributed by atoms with Crippen molar-refractivity contribution < 1.29 is 22.7 Å². The first kappa shape index (κ1) is 24.1. The summed E-state index contributed by atoms with van der Waals surface area (Å²) in [6, 6.07) is 7.33. The molecule has 1 saturated heterocycles. The third-order valence-electron chi connectivity index (χ3n) is 5.79. The average Bonchev–Trinajstić information content (AvgIpc) is 3.25. The summed E-state index contributed by atoms with van der Waals surface area (Å²) in [6.07, 6.45) is 1.60. The first-order chi connectivity index (χ1) is 15.2. The van der Waals surface area contributed by atoms with Crippen molar-refractivity contribution in [1.29, 1.82) is 0 Å². The molecule has 32 heavy (non-hydrogen) atoms. The lowest BCUT2D eigenvalue weighted by Gasteiger charge is -2.18. The van der Waals surface area contributed by atoms with Crippen molar-refractivity contribution in [1.82, 2.24) is 14.7 Å². The number of benzene rings is 1. The lowest BCUT2D eigenvalue weighted by Crippen LogP contribution is -2.27. The zero-order valence-electron chi connectivity index (χ0n) is 19.3. The van der Waals surface area contributed by atoms with E-state index in [0.717, 1.165) is 28.5 Å². The van der Waals surface area contributed by atoms with Crippen LogP contribution in [0.1, 0.15) is 49.2 Å². The molecule has 2 aromatic rings. The fraction of sp³-hybridized carbons (Fsp3) is 0.565. The number of nitrogens with zero attached hydrogens (tertiary/aromatic N) is 3. The first-order valence-corrected chi connectivity index (χ1v) is 12.9. The highest BCUT2D eigenvalue weighted by molar-refractivity contribution is 7.91. The number of carbonyl (C=O) groups is 1. The van der Waals surface area contributed by atoms with E-state index in [2.05, 4.69) is 5.10 Å². The van der Waals surface area contributed by atoms with Crippen molar-refractivity contribution in [2.24, 2.45) is 0 Å². The standard InChI is InChI=1S/C23H33N3O5S/c1-5-30-20-8-10-21(11-9-20)31-13-6-7-23(27)25(4)15-22-17(2)24-26(18(22)3)19-12-14-32(28,29)16-19/h8-11,19H,5-7,12-16H2,1-4H3/t19-/m1/s1. The van der Waals surface area contributed by atoms with Crippen molar-refractivity contribution in [3.8, 4) is 11.5 Å². The average molecular weight is 464 g/mol. The van der Waals surface area contributed by atoms with Gasteiger partial charge in [0.25, 0.3) is 0 Å². The third-order valence-corrected chi connectivity index (χ3v) is 7.54. The summed E-state index contributed by atoms with van der Waals surface area (Å²) >= 11 is 0. The summed E-state index contributed by atoms with van der Waals surface area (Å²) in [5.74, 6) is 1.94. The molecule has 1 aromatic heterocycles. The SMILES string of the molecule is CCOc1ccc(OCCCC(=O)N(C)Cc2c(C)nn([C@@H]3CCS(=O)(=O)C3)c2C)cc1. The molecule has 1 aliphatic heterocycles. The summed E-state index contributed by atoms with van der Waals surface area (Å²) in [4.78, 5) is 14.3. The van der Waals surface area contributed by atoms with Gasteiger partial charge >= 0.3 is 0 Å². The molecule has 0 saturated carbocycles. The van der Waals surface area contributed by atoms with Gasteiger partial charge < -0.3 is 14.4 Å². The molecule has 0 unspecified atom stereocenters. The van der Waals surface area contributed by atoms with E-state index in [1.165, 1.54) is 0 Å². The minimum absolute atomic E-state index is 0.0373. The Morgan fingerprint density at radius 2 is 1.84 bits per heavy atom. The molecule has 0 bridgehead atoms. The highest BCUT2D eigenvalue weighted by Crippen LogP contribution is 2.27. The van der Waals surface area contributed by atoms with Crippen LogP contribution in [0.4, 0.5) is 0 Å².